The topological polar surface area (TPSA) is 70.3 Å². The Labute approximate surface area is 108 Å². The van der Waals surface area contributed by atoms with Crippen molar-refractivity contribution in [1.29, 1.82) is 5.41 Å². The summed E-state index contributed by atoms with van der Waals surface area (Å²) in [6.07, 6.45) is 3.20. The Morgan fingerprint density at radius 1 is 1.22 bits per heavy atom. The summed E-state index contributed by atoms with van der Waals surface area (Å²) in [5.74, 6) is 0. The molecule has 0 saturated carbocycles. The van der Waals surface area contributed by atoms with Gasteiger partial charge in [0.2, 0.25) is 0 Å². The summed E-state index contributed by atoms with van der Waals surface area (Å²) in [5.41, 5.74) is 2.68. The lowest BCUT2D eigenvalue weighted by atomic mass is 10.2. The minimum Gasteiger partial charge on any atom is -0.340 e. The number of fused-ring (bicyclic) bond motifs is 1. The van der Waals surface area contributed by atoms with Crippen LogP contribution in [-0.2, 0) is 6.54 Å². The average Bonchev–Trinajstić information content (AvgIpc) is 2.86. The van der Waals surface area contributed by atoms with E-state index in [-0.39, 0.29) is 5.49 Å². The fraction of sp³-hybridized carbons (Fsp3) is 0.0833. The van der Waals surface area contributed by atoms with Crippen LogP contribution in [0.15, 0.2) is 36.9 Å². The number of benzene rings is 1. The third-order valence-electron chi connectivity index (χ3n) is 2.72. The first-order chi connectivity index (χ1) is 8.74. The fourth-order valence-corrected chi connectivity index (χ4v) is 1.95. The van der Waals surface area contributed by atoms with Crippen LogP contribution in [0, 0.1) is 5.41 Å². The first-order valence-electron chi connectivity index (χ1n) is 5.41. The van der Waals surface area contributed by atoms with E-state index in [1.807, 2.05) is 28.8 Å². The normalized spacial score (nSPS) is 10.9. The van der Waals surface area contributed by atoms with E-state index in [1.54, 1.807) is 12.7 Å². The van der Waals surface area contributed by atoms with Gasteiger partial charge in [-0.2, -0.15) is 0 Å². The highest BCUT2D eigenvalue weighted by Crippen LogP contribution is 2.12. The van der Waals surface area contributed by atoms with Gasteiger partial charge in [-0.15, -0.1) is 0 Å². The van der Waals surface area contributed by atoms with Crippen LogP contribution >= 0.6 is 11.6 Å². The Hall–Kier alpha value is -2.14. The molecular weight excluding hydrogens is 250 g/mol. The maximum atomic E-state index is 7.67. The van der Waals surface area contributed by atoms with Crippen molar-refractivity contribution in [3.63, 3.8) is 0 Å². The number of nitrogens with zero attached hydrogens (tertiary/aromatic N) is 3. The molecular formula is C12H10ClN5. The fourth-order valence-electron chi connectivity index (χ4n) is 1.83. The number of aromatic nitrogens is 4. The minimum absolute atomic E-state index is 0.204. The maximum absolute atomic E-state index is 7.67. The zero-order chi connectivity index (χ0) is 12.5. The number of rotatable bonds is 2. The molecule has 6 heteroatoms. The summed E-state index contributed by atoms with van der Waals surface area (Å²) >= 11 is 5.85. The SMILES string of the molecule is N=c1ncn(Cc2ccc(Cl)cc2)c2nc[nH]c12. The van der Waals surface area contributed by atoms with Gasteiger partial charge in [-0.1, -0.05) is 23.7 Å². The molecule has 0 aliphatic rings. The molecule has 90 valence electrons. The zero-order valence-corrected chi connectivity index (χ0v) is 10.1. The van der Waals surface area contributed by atoms with E-state index in [0.29, 0.717) is 17.1 Å². The standard InChI is InChI=1S/C12H10ClN5/c13-9-3-1-8(2-4-9)5-18-7-17-11(14)10-12(18)16-6-15-10/h1-4,6-7,14H,5H2,(H,15,16). The number of halogens is 1. The van der Waals surface area contributed by atoms with Crippen LogP contribution in [0.1, 0.15) is 5.56 Å². The maximum Gasteiger partial charge on any atom is 0.173 e. The lowest BCUT2D eigenvalue weighted by molar-refractivity contribution is 0.784. The van der Waals surface area contributed by atoms with E-state index in [4.69, 9.17) is 17.0 Å². The van der Waals surface area contributed by atoms with Crippen LogP contribution in [-0.4, -0.2) is 19.5 Å². The highest BCUT2D eigenvalue weighted by molar-refractivity contribution is 6.30. The average molecular weight is 260 g/mol. The number of aromatic amines is 1. The summed E-state index contributed by atoms with van der Waals surface area (Å²) in [6, 6.07) is 7.63. The molecule has 0 saturated heterocycles. The molecule has 0 spiro atoms. The van der Waals surface area contributed by atoms with E-state index >= 15 is 0 Å². The van der Waals surface area contributed by atoms with E-state index < -0.39 is 0 Å². The Morgan fingerprint density at radius 3 is 2.78 bits per heavy atom. The largest absolute Gasteiger partial charge is 0.340 e. The van der Waals surface area contributed by atoms with Crippen molar-refractivity contribution >= 4 is 22.8 Å². The third-order valence-corrected chi connectivity index (χ3v) is 2.97. The Kier molecular flexibility index (Phi) is 2.60. The van der Waals surface area contributed by atoms with Gasteiger partial charge in [-0.3, -0.25) is 5.41 Å². The monoisotopic (exact) mass is 259 g/mol. The minimum atomic E-state index is 0.204. The van der Waals surface area contributed by atoms with E-state index in [1.165, 1.54) is 0 Å². The van der Waals surface area contributed by atoms with Crippen molar-refractivity contribution < 1.29 is 0 Å². The summed E-state index contributed by atoms with van der Waals surface area (Å²) in [7, 11) is 0. The van der Waals surface area contributed by atoms with Gasteiger partial charge in [0.25, 0.3) is 0 Å². The number of imidazole rings is 1. The van der Waals surface area contributed by atoms with E-state index in [2.05, 4.69) is 15.0 Å². The van der Waals surface area contributed by atoms with E-state index in [9.17, 15) is 0 Å². The second-order valence-electron chi connectivity index (χ2n) is 3.95. The summed E-state index contributed by atoms with van der Waals surface area (Å²) in [5, 5.41) is 8.39. The molecule has 0 unspecified atom stereocenters. The van der Waals surface area contributed by atoms with Crippen molar-refractivity contribution in [2.24, 2.45) is 0 Å². The van der Waals surface area contributed by atoms with Gasteiger partial charge < -0.3 is 9.55 Å². The Balaban J connectivity index is 2.05. The molecule has 3 rings (SSSR count). The molecule has 2 aromatic heterocycles. The molecule has 3 aromatic rings. The quantitative estimate of drug-likeness (QED) is 0.738. The molecule has 0 aliphatic carbocycles. The van der Waals surface area contributed by atoms with Crippen LogP contribution in [0.2, 0.25) is 5.02 Å². The van der Waals surface area contributed by atoms with Gasteiger partial charge in [0.15, 0.2) is 11.1 Å². The number of hydrogen-bond acceptors (Lipinski definition) is 3. The first kappa shape index (κ1) is 11.0. The third kappa shape index (κ3) is 1.89. The molecule has 0 fully saturated rings. The van der Waals surface area contributed by atoms with Gasteiger partial charge >= 0.3 is 0 Å². The molecule has 0 aliphatic heterocycles. The molecule has 0 radical (unpaired) electrons. The van der Waals surface area contributed by atoms with Crippen molar-refractivity contribution in [2.75, 3.05) is 0 Å². The lowest BCUT2D eigenvalue weighted by Gasteiger charge is -2.07. The summed E-state index contributed by atoms with van der Waals surface area (Å²) < 4.78 is 1.90. The second-order valence-corrected chi connectivity index (χ2v) is 4.39. The molecule has 0 atom stereocenters. The predicted molar refractivity (Wildman–Crippen MR) is 68.3 cm³/mol. The Bertz CT molecular complexity index is 741. The molecule has 5 nitrogen and oxygen atoms in total. The summed E-state index contributed by atoms with van der Waals surface area (Å²) in [6.45, 7) is 0.645. The van der Waals surface area contributed by atoms with Crippen molar-refractivity contribution in [2.45, 2.75) is 6.54 Å². The molecule has 1 aromatic carbocycles. The highest BCUT2D eigenvalue weighted by atomic mass is 35.5. The zero-order valence-electron chi connectivity index (χ0n) is 9.39. The molecule has 2 heterocycles. The molecule has 2 N–H and O–H groups in total. The smallest absolute Gasteiger partial charge is 0.173 e. The highest BCUT2D eigenvalue weighted by Gasteiger charge is 2.04. The number of H-pyrrole nitrogens is 1. The molecule has 0 bridgehead atoms. The van der Waals surface area contributed by atoms with Crippen molar-refractivity contribution in [1.82, 2.24) is 19.5 Å². The van der Waals surface area contributed by atoms with Crippen LogP contribution in [0.4, 0.5) is 0 Å². The Morgan fingerprint density at radius 2 is 2.00 bits per heavy atom. The van der Waals surface area contributed by atoms with Crippen LogP contribution in [0.25, 0.3) is 11.2 Å². The number of hydrogen-bond donors (Lipinski definition) is 2. The molecule has 18 heavy (non-hydrogen) atoms. The van der Waals surface area contributed by atoms with Crippen LogP contribution < -0.4 is 5.49 Å². The predicted octanol–water partition coefficient (Wildman–Crippen LogP) is 1.94. The van der Waals surface area contributed by atoms with Crippen molar-refractivity contribution in [3.05, 3.63) is 53.0 Å². The molecule has 0 amide bonds. The summed E-state index contributed by atoms with van der Waals surface area (Å²) in [4.78, 5) is 11.2. The first-order valence-corrected chi connectivity index (χ1v) is 5.79. The van der Waals surface area contributed by atoms with Gasteiger partial charge in [-0.25, -0.2) is 9.97 Å². The van der Waals surface area contributed by atoms with Crippen LogP contribution in [0.5, 0.6) is 0 Å². The van der Waals surface area contributed by atoms with Gasteiger partial charge in [0.1, 0.15) is 5.52 Å². The van der Waals surface area contributed by atoms with Crippen LogP contribution in [0.3, 0.4) is 0 Å². The van der Waals surface area contributed by atoms with Gasteiger partial charge in [0, 0.05) is 5.02 Å². The number of nitrogens with one attached hydrogen (secondary N) is 2. The van der Waals surface area contributed by atoms with Gasteiger partial charge in [0.05, 0.1) is 19.2 Å². The van der Waals surface area contributed by atoms with E-state index in [0.717, 1.165) is 11.2 Å². The lowest BCUT2D eigenvalue weighted by Crippen LogP contribution is -2.13. The van der Waals surface area contributed by atoms with Gasteiger partial charge in [-0.05, 0) is 17.7 Å². The van der Waals surface area contributed by atoms with Crippen molar-refractivity contribution in [3.8, 4) is 0 Å². The second kappa shape index (κ2) is 4.27.